The van der Waals surface area contributed by atoms with Crippen molar-refractivity contribution in [3.63, 3.8) is 0 Å². The fraction of sp³-hybridized carbons (Fsp3) is 0.429. The lowest BCUT2D eigenvalue weighted by atomic mass is 9.91. The van der Waals surface area contributed by atoms with Crippen molar-refractivity contribution in [2.45, 2.75) is 52.4 Å². The Hall–Kier alpha value is -3.12. The molecule has 0 atom stereocenters. The number of para-hydroxylation sites is 2. The zero-order chi connectivity index (χ0) is 36.7. The molecule has 1 aliphatic carbocycles. The highest BCUT2D eigenvalue weighted by molar-refractivity contribution is 9.10. The largest absolute Gasteiger partial charge is 0.493 e. The zero-order valence-electron chi connectivity index (χ0n) is 30.7. The molecule has 1 aliphatic rings. The van der Waals surface area contributed by atoms with Gasteiger partial charge >= 0.3 is 0 Å². The molecule has 0 aliphatic heterocycles. The standard InChI is InChI=1S/C42H50Br2O8/c1-5-13-49-39-29-9-7-10-30(39)20-34-24-38(44)26-36(42(34)52-28-48-18-16-46-4)22-32-12-8-11-31(40(32)50-14-6-2)21-35-25-37(43)23-33(19-29)41(35)51-27-47-17-15-45-3/h7-12,23-26H,5-6,13-22,27-28H2,1-4H3. The fourth-order valence-electron chi connectivity index (χ4n) is 6.36. The van der Waals surface area contributed by atoms with Gasteiger partial charge in [-0.05, 0) is 59.4 Å². The Morgan fingerprint density at radius 1 is 0.442 bits per heavy atom. The molecule has 4 aromatic rings. The van der Waals surface area contributed by atoms with Crippen molar-refractivity contribution in [2.24, 2.45) is 0 Å². The molecule has 0 unspecified atom stereocenters. The van der Waals surface area contributed by atoms with Crippen LogP contribution < -0.4 is 18.9 Å². The SMILES string of the molecule is CCCOc1c2cccc1Cc1cc(Br)cc(c1OCOCCOC)Cc1cccc(c1OCCC)Cc1cc(Br)cc(c1OCOCCOC)C2. The zero-order valence-corrected chi connectivity index (χ0v) is 33.9. The van der Waals surface area contributed by atoms with Gasteiger partial charge in [0, 0.05) is 71.1 Å². The predicted octanol–water partition coefficient (Wildman–Crippen LogP) is 9.46. The van der Waals surface area contributed by atoms with Gasteiger partial charge in [0.05, 0.1) is 39.6 Å². The summed E-state index contributed by atoms with van der Waals surface area (Å²) in [6.07, 6.45) is 4.13. The van der Waals surface area contributed by atoms with Crippen molar-refractivity contribution in [2.75, 3.05) is 67.4 Å². The summed E-state index contributed by atoms with van der Waals surface area (Å²) in [4.78, 5) is 0. The molecular weight excluding hydrogens is 792 g/mol. The van der Waals surface area contributed by atoms with Gasteiger partial charge in [0.1, 0.15) is 23.0 Å². The third-order valence-corrected chi connectivity index (χ3v) is 9.55. The molecule has 0 amide bonds. The van der Waals surface area contributed by atoms with E-state index in [1.165, 1.54) is 0 Å². The molecular formula is C42H50Br2O8. The molecule has 4 aromatic carbocycles. The highest BCUT2D eigenvalue weighted by Crippen LogP contribution is 2.41. The molecule has 5 rings (SSSR count). The smallest absolute Gasteiger partial charge is 0.189 e. The van der Waals surface area contributed by atoms with Crippen molar-refractivity contribution in [3.05, 3.63) is 114 Å². The van der Waals surface area contributed by atoms with Gasteiger partial charge in [-0.1, -0.05) is 82.1 Å². The van der Waals surface area contributed by atoms with Crippen LogP contribution in [0.4, 0.5) is 0 Å². The second-order valence-electron chi connectivity index (χ2n) is 12.6. The van der Waals surface area contributed by atoms with Crippen LogP contribution in [0.5, 0.6) is 23.0 Å². The summed E-state index contributed by atoms with van der Waals surface area (Å²) in [5.74, 6) is 3.35. The minimum Gasteiger partial charge on any atom is -0.493 e. The van der Waals surface area contributed by atoms with Crippen LogP contribution in [-0.4, -0.2) is 67.4 Å². The summed E-state index contributed by atoms with van der Waals surface area (Å²) < 4.78 is 50.1. The average Bonchev–Trinajstić information content (AvgIpc) is 3.12. The Balaban J connectivity index is 1.71. The lowest BCUT2D eigenvalue weighted by Gasteiger charge is -2.23. The van der Waals surface area contributed by atoms with Gasteiger partial charge in [-0.2, -0.15) is 0 Å². The number of rotatable bonds is 18. The first-order chi connectivity index (χ1) is 25.4. The number of fused-ring (bicyclic) bond motifs is 8. The molecule has 0 saturated carbocycles. The van der Waals surface area contributed by atoms with Gasteiger partial charge in [-0.3, -0.25) is 0 Å². The Bertz CT molecular complexity index is 1530. The van der Waals surface area contributed by atoms with E-state index in [1.54, 1.807) is 14.2 Å². The quantitative estimate of drug-likeness (QED) is 0.0639. The molecule has 8 nitrogen and oxygen atoms in total. The van der Waals surface area contributed by atoms with E-state index in [4.69, 9.17) is 37.9 Å². The normalized spacial score (nSPS) is 12.4. The first-order valence-electron chi connectivity index (χ1n) is 17.9. The Labute approximate surface area is 325 Å². The lowest BCUT2D eigenvalue weighted by molar-refractivity contribution is -0.00927. The van der Waals surface area contributed by atoms with Crippen LogP contribution in [-0.2, 0) is 44.6 Å². The minimum absolute atomic E-state index is 0.102. The molecule has 0 heterocycles. The average molecular weight is 843 g/mol. The summed E-state index contributed by atoms with van der Waals surface area (Å²) in [5.41, 5.74) is 8.39. The topological polar surface area (TPSA) is 73.8 Å². The first kappa shape index (κ1) is 40.1. The molecule has 0 saturated heterocycles. The van der Waals surface area contributed by atoms with E-state index >= 15 is 0 Å². The van der Waals surface area contributed by atoms with E-state index in [9.17, 15) is 0 Å². The highest BCUT2D eigenvalue weighted by atomic mass is 79.9. The summed E-state index contributed by atoms with van der Waals surface area (Å²) in [5, 5.41) is 0. The van der Waals surface area contributed by atoms with Crippen LogP contribution in [0.2, 0.25) is 0 Å². The third kappa shape index (κ3) is 11.0. The lowest BCUT2D eigenvalue weighted by Crippen LogP contribution is -2.12. The molecule has 0 fully saturated rings. The van der Waals surface area contributed by atoms with Crippen molar-refractivity contribution >= 4 is 31.9 Å². The molecule has 8 bridgehead atoms. The summed E-state index contributed by atoms with van der Waals surface area (Å²) >= 11 is 7.66. The maximum absolute atomic E-state index is 6.59. The molecule has 0 spiro atoms. The van der Waals surface area contributed by atoms with Crippen molar-refractivity contribution in [3.8, 4) is 23.0 Å². The van der Waals surface area contributed by atoms with Gasteiger partial charge in [-0.15, -0.1) is 0 Å². The maximum atomic E-state index is 6.59. The molecule has 0 radical (unpaired) electrons. The van der Waals surface area contributed by atoms with Gasteiger partial charge in [0.2, 0.25) is 0 Å². The number of hydrogen-bond donors (Lipinski definition) is 0. The Morgan fingerprint density at radius 2 is 0.769 bits per heavy atom. The van der Waals surface area contributed by atoms with Crippen LogP contribution in [0, 0.1) is 0 Å². The number of hydrogen-bond acceptors (Lipinski definition) is 8. The van der Waals surface area contributed by atoms with E-state index in [2.05, 4.69) is 106 Å². The van der Waals surface area contributed by atoms with E-state index in [0.717, 1.165) is 89.3 Å². The highest BCUT2D eigenvalue weighted by Gasteiger charge is 2.23. The maximum Gasteiger partial charge on any atom is 0.189 e. The monoisotopic (exact) mass is 840 g/mol. The molecule has 0 aromatic heterocycles. The van der Waals surface area contributed by atoms with Gasteiger partial charge < -0.3 is 37.9 Å². The first-order valence-corrected chi connectivity index (χ1v) is 19.5. The second kappa shape index (κ2) is 20.9. The molecule has 10 heteroatoms. The minimum atomic E-state index is 0.102. The summed E-state index contributed by atoms with van der Waals surface area (Å²) in [6, 6.07) is 21.3. The second-order valence-corrected chi connectivity index (χ2v) is 14.5. The van der Waals surface area contributed by atoms with Crippen LogP contribution >= 0.6 is 31.9 Å². The fourth-order valence-corrected chi connectivity index (χ4v) is 7.46. The van der Waals surface area contributed by atoms with Crippen molar-refractivity contribution in [1.29, 1.82) is 0 Å². The number of benzene rings is 4. The molecule has 52 heavy (non-hydrogen) atoms. The third-order valence-electron chi connectivity index (χ3n) is 8.63. The van der Waals surface area contributed by atoms with E-state index in [-0.39, 0.29) is 13.6 Å². The van der Waals surface area contributed by atoms with Crippen LogP contribution in [0.15, 0.2) is 69.6 Å². The van der Waals surface area contributed by atoms with E-state index < -0.39 is 0 Å². The van der Waals surface area contributed by atoms with E-state index in [1.807, 2.05) is 0 Å². The number of ether oxygens (including phenoxy) is 8. The van der Waals surface area contributed by atoms with Crippen molar-refractivity contribution < 1.29 is 37.9 Å². The predicted molar refractivity (Wildman–Crippen MR) is 211 cm³/mol. The molecule has 0 N–H and O–H groups in total. The van der Waals surface area contributed by atoms with Crippen LogP contribution in [0.25, 0.3) is 0 Å². The van der Waals surface area contributed by atoms with Gasteiger partial charge in [0.15, 0.2) is 13.6 Å². The summed E-state index contributed by atoms with van der Waals surface area (Å²) in [6.45, 7) is 7.51. The number of halogens is 2. The van der Waals surface area contributed by atoms with E-state index in [0.29, 0.717) is 65.3 Å². The van der Waals surface area contributed by atoms with Crippen LogP contribution in [0.3, 0.4) is 0 Å². The molecule has 280 valence electrons. The van der Waals surface area contributed by atoms with Crippen LogP contribution in [0.1, 0.15) is 71.2 Å². The van der Waals surface area contributed by atoms with Gasteiger partial charge in [-0.25, -0.2) is 0 Å². The number of methoxy groups -OCH3 is 2. The van der Waals surface area contributed by atoms with Crippen molar-refractivity contribution in [1.82, 2.24) is 0 Å². The summed E-state index contributed by atoms with van der Waals surface area (Å²) in [7, 11) is 3.32. The Kier molecular flexibility index (Phi) is 16.1. The van der Waals surface area contributed by atoms with Gasteiger partial charge in [0.25, 0.3) is 0 Å². The Morgan fingerprint density at radius 3 is 1.08 bits per heavy atom.